The first-order chi connectivity index (χ1) is 10.9. The summed E-state index contributed by atoms with van der Waals surface area (Å²) in [6.07, 6.45) is -1.95. The molecule has 0 aliphatic carbocycles. The summed E-state index contributed by atoms with van der Waals surface area (Å²) >= 11 is 0.858. The summed E-state index contributed by atoms with van der Waals surface area (Å²) < 4.78 is 31.1. The van der Waals surface area contributed by atoms with E-state index >= 15 is 0 Å². The topological polar surface area (TPSA) is 131 Å². The first-order valence-corrected chi connectivity index (χ1v) is 9.22. The molecule has 1 heterocycles. The maximum absolute atomic E-state index is 12.2. The van der Waals surface area contributed by atoms with E-state index in [0.717, 1.165) is 11.3 Å². The van der Waals surface area contributed by atoms with Crippen molar-refractivity contribution in [2.24, 2.45) is 0 Å². The van der Waals surface area contributed by atoms with Crippen LogP contribution in [0.1, 0.15) is 37.4 Å². The largest absolute Gasteiger partial charge is 0.443 e. The molecule has 1 aromatic heterocycles. The highest BCUT2D eigenvalue weighted by molar-refractivity contribution is 7.90. The minimum atomic E-state index is -4.29. The molecule has 0 fully saturated rings. The highest BCUT2D eigenvalue weighted by atomic mass is 32.2. The van der Waals surface area contributed by atoms with Gasteiger partial charge in [-0.2, -0.15) is 0 Å². The van der Waals surface area contributed by atoms with Gasteiger partial charge in [0.25, 0.3) is 15.9 Å². The Morgan fingerprint density at radius 1 is 1.38 bits per heavy atom. The zero-order valence-corrected chi connectivity index (χ0v) is 15.3. The molecule has 136 valence electrons. The quantitative estimate of drug-likeness (QED) is 0.628. The third kappa shape index (κ3) is 6.43. The first-order valence-electron chi connectivity index (χ1n) is 6.86. The molecule has 0 aliphatic rings. The highest BCUT2D eigenvalue weighted by Gasteiger charge is 2.28. The second kappa shape index (κ2) is 7.92. The van der Waals surface area contributed by atoms with Crippen molar-refractivity contribution in [2.75, 3.05) is 6.61 Å². The Labute approximate surface area is 144 Å². The Kier molecular flexibility index (Phi) is 6.72. The van der Waals surface area contributed by atoms with Crippen LogP contribution in [-0.2, 0) is 19.6 Å². The maximum Gasteiger partial charge on any atom is 0.421 e. The van der Waals surface area contributed by atoms with Crippen molar-refractivity contribution in [3.8, 4) is 0 Å². The molecule has 24 heavy (non-hydrogen) atoms. The van der Waals surface area contributed by atoms with E-state index in [9.17, 15) is 18.0 Å². The van der Waals surface area contributed by atoms with Gasteiger partial charge in [-0.05, 0) is 39.1 Å². The second-order valence-electron chi connectivity index (χ2n) is 5.81. The number of rotatable bonds is 6. The number of hydrogen-bond donors (Lipinski definition) is 3. The number of hydroxylamine groups is 1. The SMILES string of the molecule is CC(O)CONC(=O)c1sccc1S(=O)(=O)NC(=O)OC(C)(C)C. The van der Waals surface area contributed by atoms with Gasteiger partial charge in [0.05, 0.1) is 6.10 Å². The molecule has 1 unspecified atom stereocenters. The molecule has 0 radical (unpaired) electrons. The third-order valence-electron chi connectivity index (χ3n) is 2.23. The van der Waals surface area contributed by atoms with Gasteiger partial charge >= 0.3 is 6.09 Å². The van der Waals surface area contributed by atoms with Gasteiger partial charge in [0, 0.05) is 0 Å². The Bertz CT molecular complexity index is 689. The average molecular weight is 380 g/mol. The Balaban J connectivity index is 2.85. The number of aliphatic hydroxyl groups is 1. The minimum Gasteiger partial charge on any atom is -0.443 e. The number of ether oxygens (including phenoxy) is 1. The molecule has 0 aromatic carbocycles. The molecule has 1 aromatic rings. The van der Waals surface area contributed by atoms with Crippen molar-refractivity contribution in [3.63, 3.8) is 0 Å². The number of hydrogen-bond acceptors (Lipinski definition) is 8. The average Bonchev–Trinajstić information content (AvgIpc) is 2.84. The zero-order valence-electron chi connectivity index (χ0n) is 13.7. The van der Waals surface area contributed by atoms with Crippen LogP contribution in [0, 0.1) is 0 Å². The van der Waals surface area contributed by atoms with Crippen molar-refractivity contribution in [3.05, 3.63) is 16.3 Å². The normalized spacial score (nSPS) is 13.2. The lowest BCUT2D eigenvalue weighted by molar-refractivity contribution is -0.00681. The first kappa shape index (κ1) is 20.4. The predicted octanol–water partition coefficient (Wildman–Crippen LogP) is 1.00. The fourth-order valence-electron chi connectivity index (χ4n) is 1.41. The fraction of sp³-hybridized carbons (Fsp3) is 0.538. The summed E-state index contributed by atoms with van der Waals surface area (Å²) in [6, 6.07) is 1.18. The maximum atomic E-state index is 12.2. The van der Waals surface area contributed by atoms with Gasteiger partial charge in [-0.3, -0.25) is 9.63 Å². The van der Waals surface area contributed by atoms with E-state index in [2.05, 4.69) is 0 Å². The zero-order chi connectivity index (χ0) is 18.5. The lowest BCUT2D eigenvalue weighted by Gasteiger charge is -2.19. The van der Waals surface area contributed by atoms with Crippen LogP contribution < -0.4 is 10.2 Å². The van der Waals surface area contributed by atoms with E-state index in [-0.39, 0.29) is 16.4 Å². The van der Waals surface area contributed by atoms with Gasteiger partial charge in [-0.1, -0.05) is 0 Å². The van der Waals surface area contributed by atoms with Gasteiger partial charge < -0.3 is 9.84 Å². The lowest BCUT2D eigenvalue weighted by Crippen LogP contribution is -2.37. The number of nitrogens with one attached hydrogen (secondary N) is 2. The standard InChI is InChI=1S/C13H20N2O7S2/c1-8(16)7-21-14-11(17)10-9(5-6-23-10)24(19,20)15-12(18)22-13(2,3)4/h5-6,8,16H,7H2,1-4H3,(H,14,17)(H,15,18). The third-order valence-corrected chi connectivity index (χ3v) is 4.63. The van der Waals surface area contributed by atoms with Crippen LogP contribution in [0.15, 0.2) is 16.3 Å². The smallest absolute Gasteiger partial charge is 0.421 e. The van der Waals surface area contributed by atoms with Gasteiger partial charge in [0.15, 0.2) is 0 Å². The fourth-order valence-corrected chi connectivity index (χ4v) is 3.60. The highest BCUT2D eigenvalue weighted by Crippen LogP contribution is 2.22. The van der Waals surface area contributed by atoms with Crippen molar-refractivity contribution in [2.45, 2.75) is 44.3 Å². The summed E-state index contributed by atoms with van der Waals surface area (Å²) in [7, 11) is -4.29. The van der Waals surface area contributed by atoms with Crippen molar-refractivity contribution in [1.29, 1.82) is 0 Å². The molecule has 2 amide bonds. The molecule has 0 saturated heterocycles. The van der Waals surface area contributed by atoms with Crippen LogP contribution in [0.25, 0.3) is 0 Å². The number of sulfonamides is 1. The molecule has 0 aliphatic heterocycles. The molecular formula is C13H20N2O7S2. The van der Waals surface area contributed by atoms with E-state index in [1.807, 2.05) is 5.48 Å². The van der Waals surface area contributed by atoms with E-state index in [0.29, 0.717) is 0 Å². The number of amides is 2. The number of carbonyl (C=O) groups is 2. The van der Waals surface area contributed by atoms with E-state index < -0.39 is 33.7 Å². The molecule has 0 saturated carbocycles. The summed E-state index contributed by atoms with van der Waals surface area (Å²) in [6.45, 7) is 6.06. The molecule has 1 rings (SSSR count). The number of carbonyl (C=O) groups excluding carboxylic acids is 2. The van der Waals surface area contributed by atoms with Gasteiger partial charge in [-0.25, -0.2) is 23.4 Å². The Morgan fingerprint density at radius 3 is 2.54 bits per heavy atom. The van der Waals surface area contributed by atoms with Gasteiger partial charge in [0.1, 0.15) is 22.0 Å². The second-order valence-corrected chi connectivity index (χ2v) is 8.38. The summed E-state index contributed by atoms with van der Waals surface area (Å²) in [5.41, 5.74) is 1.15. The molecule has 1 atom stereocenters. The van der Waals surface area contributed by atoms with Crippen molar-refractivity contribution in [1.82, 2.24) is 10.2 Å². The lowest BCUT2D eigenvalue weighted by atomic mass is 10.2. The van der Waals surface area contributed by atoms with Crippen LogP contribution in [0.3, 0.4) is 0 Å². The van der Waals surface area contributed by atoms with Crippen molar-refractivity contribution >= 4 is 33.4 Å². The minimum absolute atomic E-state index is 0.157. The van der Waals surface area contributed by atoms with E-state index in [1.165, 1.54) is 18.4 Å². The van der Waals surface area contributed by atoms with Gasteiger partial charge in [0.2, 0.25) is 0 Å². The van der Waals surface area contributed by atoms with Crippen LogP contribution >= 0.6 is 11.3 Å². The van der Waals surface area contributed by atoms with E-state index in [1.54, 1.807) is 25.5 Å². The van der Waals surface area contributed by atoms with Crippen LogP contribution in [0.5, 0.6) is 0 Å². The summed E-state index contributed by atoms with van der Waals surface area (Å²) in [5.74, 6) is -0.810. The molecule has 9 nitrogen and oxygen atoms in total. The Morgan fingerprint density at radius 2 is 2.00 bits per heavy atom. The van der Waals surface area contributed by atoms with Crippen molar-refractivity contribution < 1.29 is 32.7 Å². The van der Waals surface area contributed by atoms with Gasteiger partial charge in [-0.15, -0.1) is 11.3 Å². The monoisotopic (exact) mass is 380 g/mol. The van der Waals surface area contributed by atoms with E-state index in [4.69, 9.17) is 14.7 Å². The molecular weight excluding hydrogens is 360 g/mol. The van der Waals surface area contributed by atoms with Crippen LogP contribution in [0.4, 0.5) is 4.79 Å². The summed E-state index contributed by atoms with van der Waals surface area (Å²) in [4.78, 5) is 27.8. The molecule has 0 spiro atoms. The van der Waals surface area contributed by atoms with Crippen LogP contribution in [-0.4, -0.2) is 43.8 Å². The molecule has 3 N–H and O–H groups in total. The molecule has 0 bridgehead atoms. The number of aliphatic hydroxyl groups excluding tert-OH is 1. The van der Waals surface area contributed by atoms with Crippen LogP contribution in [0.2, 0.25) is 0 Å². The molecule has 11 heteroatoms. The summed E-state index contributed by atoms with van der Waals surface area (Å²) in [5, 5.41) is 10.4. The predicted molar refractivity (Wildman–Crippen MR) is 86.0 cm³/mol. The number of thiophene rings is 1. The Hall–Kier alpha value is -1.69.